The van der Waals surface area contributed by atoms with Crippen LogP contribution in [0.3, 0.4) is 0 Å². The number of carboxylic acid groups (broad SMARTS) is 2. The Morgan fingerprint density at radius 1 is 0.733 bits per heavy atom. The molecule has 0 atom stereocenters. The molecule has 0 aromatic rings. The van der Waals surface area contributed by atoms with Crippen LogP contribution in [0.1, 0.15) is 41.5 Å². The molecule has 0 spiro atoms. The predicted octanol–water partition coefficient (Wildman–Crippen LogP) is 2.66. The first kappa shape index (κ1) is 19.7. The Bertz CT molecular complexity index is 186. The lowest BCUT2D eigenvalue weighted by Gasteiger charge is -2.08. The molecule has 0 rings (SSSR count). The molecule has 0 amide bonds. The summed E-state index contributed by atoms with van der Waals surface area (Å²) in [7, 11) is 0. The third kappa shape index (κ3) is 13.2. The van der Waals surface area contributed by atoms with Crippen LogP contribution < -0.4 is 0 Å². The molecule has 0 radical (unpaired) electrons. The summed E-state index contributed by atoms with van der Waals surface area (Å²) in [5.41, 5.74) is -1.17. The second kappa shape index (κ2) is 6.67. The largest absolute Gasteiger partial charge is 0.481 e. The molecule has 2 N–H and O–H groups in total. The van der Waals surface area contributed by atoms with Crippen molar-refractivity contribution >= 4 is 24.3 Å². The zero-order chi connectivity index (χ0) is 12.2. The van der Waals surface area contributed by atoms with Crippen LogP contribution in [0, 0.1) is 10.8 Å². The second-order valence-corrected chi connectivity index (χ2v) is 5.11. The molecular formula is C10H21ClO4. The highest BCUT2D eigenvalue weighted by molar-refractivity contribution is 5.85. The summed E-state index contributed by atoms with van der Waals surface area (Å²) >= 11 is 0. The third-order valence-corrected chi connectivity index (χ3v) is 1.28. The van der Waals surface area contributed by atoms with E-state index >= 15 is 0 Å². The number of halogens is 1. The van der Waals surface area contributed by atoms with Crippen molar-refractivity contribution in [3.05, 3.63) is 0 Å². The summed E-state index contributed by atoms with van der Waals surface area (Å²) in [6, 6.07) is 0. The average molecular weight is 241 g/mol. The summed E-state index contributed by atoms with van der Waals surface area (Å²) in [5, 5.41) is 16.5. The third-order valence-electron chi connectivity index (χ3n) is 1.28. The van der Waals surface area contributed by atoms with E-state index in [1.807, 2.05) is 0 Å². The van der Waals surface area contributed by atoms with Gasteiger partial charge >= 0.3 is 11.9 Å². The number of aliphatic carboxylic acids is 2. The van der Waals surface area contributed by atoms with Gasteiger partial charge in [-0.2, -0.15) is 0 Å². The van der Waals surface area contributed by atoms with Gasteiger partial charge in [-0.1, -0.05) is 0 Å². The van der Waals surface area contributed by atoms with E-state index in [-0.39, 0.29) is 12.4 Å². The number of hydrogen-bond donors (Lipinski definition) is 2. The van der Waals surface area contributed by atoms with Gasteiger partial charge < -0.3 is 10.2 Å². The van der Waals surface area contributed by atoms with E-state index in [4.69, 9.17) is 10.2 Å². The van der Waals surface area contributed by atoms with E-state index in [1.165, 1.54) is 0 Å². The van der Waals surface area contributed by atoms with Gasteiger partial charge in [0, 0.05) is 0 Å². The van der Waals surface area contributed by atoms with Crippen LogP contribution in [0.15, 0.2) is 0 Å². The maximum Gasteiger partial charge on any atom is 0.308 e. The van der Waals surface area contributed by atoms with Gasteiger partial charge in [0.1, 0.15) is 0 Å². The number of carbonyl (C=O) groups is 2. The number of rotatable bonds is 0. The normalized spacial score (nSPS) is 10.5. The maximum absolute atomic E-state index is 10.0. The minimum atomic E-state index is -0.757. The SMILES string of the molecule is CC(C)(C)C(=O)O.CC(C)(C)C(=O)O.Cl. The summed E-state index contributed by atoms with van der Waals surface area (Å²) in [5.74, 6) is -1.51. The first-order valence-electron chi connectivity index (χ1n) is 4.36. The van der Waals surface area contributed by atoms with E-state index in [9.17, 15) is 9.59 Å². The van der Waals surface area contributed by atoms with Crippen molar-refractivity contribution in [2.45, 2.75) is 41.5 Å². The minimum absolute atomic E-state index is 0. The molecule has 0 aliphatic rings. The zero-order valence-corrected chi connectivity index (χ0v) is 10.9. The van der Waals surface area contributed by atoms with Crippen LogP contribution in [-0.2, 0) is 9.59 Å². The summed E-state index contributed by atoms with van der Waals surface area (Å²) in [6.07, 6.45) is 0. The fraction of sp³-hybridized carbons (Fsp3) is 0.800. The Hall–Kier alpha value is -0.770. The van der Waals surface area contributed by atoms with Crippen LogP contribution in [-0.4, -0.2) is 22.2 Å². The maximum atomic E-state index is 10.0. The van der Waals surface area contributed by atoms with E-state index in [0.717, 1.165) is 0 Å². The average Bonchev–Trinajstić information content (AvgIpc) is 1.83. The van der Waals surface area contributed by atoms with Gasteiger partial charge in [-0.05, 0) is 41.5 Å². The van der Waals surface area contributed by atoms with Crippen molar-refractivity contribution in [2.24, 2.45) is 10.8 Å². The van der Waals surface area contributed by atoms with Gasteiger partial charge in [-0.25, -0.2) is 0 Å². The lowest BCUT2D eigenvalue weighted by molar-refractivity contribution is -0.146. The number of carboxylic acids is 2. The molecule has 4 nitrogen and oxygen atoms in total. The second-order valence-electron chi connectivity index (χ2n) is 5.11. The molecule has 0 saturated heterocycles. The van der Waals surface area contributed by atoms with Gasteiger partial charge in [-0.3, -0.25) is 9.59 Å². The summed E-state index contributed by atoms with van der Waals surface area (Å²) < 4.78 is 0. The van der Waals surface area contributed by atoms with Crippen LogP contribution in [0.5, 0.6) is 0 Å². The van der Waals surface area contributed by atoms with Crippen molar-refractivity contribution in [1.29, 1.82) is 0 Å². The minimum Gasteiger partial charge on any atom is -0.481 e. The molecule has 0 aliphatic heterocycles. The van der Waals surface area contributed by atoms with Crippen LogP contribution in [0.2, 0.25) is 0 Å². The smallest absolute Gasteiger partial charge is 0.308 e. The fourth-order valence-electron chi connectivity index (χ4n) is 0. The molecule has 0 aromatic heterocycles. The van der Waals surface area contributed by atoms with E-state index in [0.29, 0.717) is 0 Å². The van der Waals surface area contributed by atoms with Gasteiger partial charge in [0.05, 0.1) is 10.8 Å². The molecule has 5 heteroatoms. The highest BCUT2D eigenvalue weighted by Gasteiger charge is 2.19. The summed E-state index contributed by atoms with van der Waals surface area (Å²) in [6.45, 7) is 9.97. The topological polar surface area (TPSA) is 74.6 Å². The Kier molecular flexibility index (Phi) is 8.78. The van der Waals surface area contributed by atoms with E-state index < -0.39 is 22.8 Å². The highest BCUT2D eigenvalue weighted by atomic mass is 35.5. The molecule has 0 heterocycles. The molecule has 0 aliphatic carbocycles. The molecule has 0 bridgehead atoms. The van der Waals surface area contributed by atoms with Crippen molar-refractivity contribution < 1.29 is 19.8 Å². The Balaban J connectivity index is -0.000000180. The van der Waals surface area contributed by atoms with E-state index in [1.54, 1.807) is 41.5 Å². The monoisotopic (exact) mass is 240 g/mol. The predicted molar refractivity (Wildman–Crippen MR) is 61.4 cm³/mol. The van der Waals surface area contributed by atoms with Crippen LogP contribution in [0.4, 0.5) is 0 Å². The molecule has 0 fully saturated rings. The van der Waals surface area contributed by atoms with Gasteiger partial charge in [0.25, 0.3) is 0 Å². The summed E-state index contributed by atoms with van der Waals surface area (Å²) in [4.78, 5) is 20.0. The first-order chi connectivity index (χ1) is 5.89. The zero-order valence-electron chi connectivity index (χ0n) is 10.1. The van der Waals surface area contributed by atoms with Crippen LogP contribution in [0.25, 0.3) is 0 Å². The first-order valence-corrected chi connectivity index (χ1v) is 4.36. The highest BCUT2D eigenvalue weighted by Crippen LogP contribution is 2.11. The van der Waals surface area contributed by atoms with Crippen LogP contribution >= 0.6 is 12.4 Å². The quantitative estimate of drug-likeness (QED) is 0.683. The molecule has 0 unspecified atom stereocenters. The Morgan fingerprint density at radius 2 is 0.800 bits per heavy atom. The van der Waals surface area contributed by atoms with E-state index in [2.05, 4.69) is 0 Å². The Morgan fingerprint density at radius 3 is 0.800 bits per heavy atom. The lowest BCUT2D eigenvalue weighted by Crippen LogP contribution is -2.18. The van der Waals surface area contributed by atoms with Crippen molar-refractivity contribution in [2.75, 3.05) is 0 Å². The molecular weight excluding hydrogens is 220 g/mol. The lowest BCUT2D eigenvalue weighted by atomic mass is 9.98. The van der Waals surface area contributed by atoms with Gasteiger partial charge in [0.2, 0.25) is 0 Å². The van der Waals surface area contributed by atoms with Crippen molar-refractivity contribution in [3.63, 3.8) is 0 Å². The Labute approximate surface area is 97.1 Å². The van der Waals surface area contributed by atoms with Gasteiger partial charge in [0.15, 0.2) is 0 Å². The molecule has 92 valence electrons. The number of hydrogen-bond acceptors (Lipinski definition) is 2. The standard InChI is InChI=1S/2C5H10O2.ClH/c2*1-5(2,3)4(6)7;/h2*1-3H3,(H,6,7);1H. The molecule has 15 heavy (non-hydrogen) atoms. The van der Waals surface area contributed by atoms with Gasteiger partial charge in [-0.15, -0.1) is 12.4 Å². The molecule has 0 saturated carbocycles. The van der Waals surface area contributed by atoms with Crippen molar-refractivity contribution in [3.8, 4) is 0 Å². The van der Waals surface area contributed by atoms with Crippen molar-refractivity contribution in [1.82, 2.24) is 0 Å². The fourth-order valence-corrected chi connectivity index (χ4v) is 0. The molecule has 0 aromatic carbocycles.